The highest BCUT2D eigenvalue weighted by molar-refractivity contribution is 7.39. The Bertz CT molecular complexity index is 117. The van der Waals surface area contributed by atoms with Gasteiger partial charge in [-0.15, -0.1) is 0 Å². The molecule has 13 heavy (non-hydrogen) atoms. The third kappa shape index (κ3) is 5.55. The summed E-state index contributed by atoms with van der Waals surface area (Å²) in [5.74, 6) is 0.00394. The molecule has 0 heterocycles. The summed E-state index contributed by atoms with van der Waals surface area (Å²) in [7, 11) is -2.31. The second kappa shape index (κ2) is 7.65. The van der Waals surface area contributed by atoms with Crippen LogP contribution in [-0.4, -0.2) is 27.6 Å². The predicted molar refractivity (Wildman–Crippen MR) is 52.0 cm³/mol. The molecule has 0 aromatic heterocycles. The van der Waals surface area contributed by atoms with E-state index in [1.807, 2.05) is 13.8 Å². The highest BCUT2D eigenvalue weighted by Crippen LogP contribution is 2.32. The molecule has 80 valence electrons. The summed E-state index contributed by atoms with van der Waals surface area (Å²) < 4.78 is 4.95. The second-order valence-electron chi connectivity index (χ2n) is 3.04. The standard InChI is InChI=1S/C8H19O4P/c1-3-5-8(12-13(10)11)7(4-2)6-9/h7-11H,3-6H2,1-2H3. The van der Waals surface area contributed by atoms with Gasteiger partial charge in [-0.2, -0.15) is 0 Å². The summed E-state index contributed by atoms with van der Waals surface area (Å²) in [5, 5.41) is 9.00. The van der Waals surface area contributed by atoms with E-state index in [9.17, 15) is 0 Å². The molecular weight excluding hydrogens is 191 g/mol. The van der Waals surface area contributed by atoms with Crippen LogP contribution in [0, 0.1) is 5.92 Å². The quantitative estimate of drug-likeness (QED) is 0.555. The average Bonchev–Trinajstić information content (AvgIpc) is 2.05. The highest BCUT2D eigenvalue weighted by atomic mass is 31.2. The largest absolute Gasteiger partial charge is 0.396 e. The van der Waals surface area contributed by atoms with Crippen LogP contribution in [0.1, 0.15) is 33.1 Å². The van der Waals surface area contributed by atoms with Crippen LogP contribution in [0.2, 0.25) is 0 Å². The molecule has 2 atom stereocenters. The van der Waals surface area contributed by atoms with Crippen LogP contribution in [0.3, 0.4) is 0 Å². The summed E-state index contributed by atoms with van der Waals surface area (Å²) >= 11 is 0. The van der Waals surface area contributed by atoms with E-state index in [1.165, 1.54) is 0 Å². The number of rotatable bonds is 7. The Morgan fingerprint density at radius 2 is 1.92 bits per heavy atom. The van der Waals surface area contributed by atoms with E-state index >= 15 is 0 Å². The van der Waals surface area contributed by atoms with Gasteiger partial charge in [0.25, 0.3) is 0 Å². The first kappa shape index (κ1) is 13.3. The van der Waals surface area contributed by atoms with Gasteiger partial charge in [0.2, 0.25) is 0 Å². The maximum Gasteiger partial charge on any atom is 0.327 e. The molecule has 0 bridgehead atoms. The Labute approximate surface area is 80.5 Å². The first-order chi connectivity index (χ1) is 6.15. The highest BCUT2D eigenvalue weighted by Gasteiger charge is 2.22. The first-order valence-electron chi connectivity index (χ1n) is 4.61. The van der Waals surface area contributed by atoms with Gasteiger partial charge in [-0.25, -0.2) is 0 Å². The van der Waals surface area contributed by atoms with Gasteiger partial charge in [0, 0.05) is 12.5 Å². The van der Waals surface area contributed by atoms with Crippen molar-refractivity contribution in [1.29, 1.82) is 0 Å². The maximum atomic E-state index is 9.00. The molecule has 0 aliphatic carbocycles. The van der Waals surface area contributed by atoms with Crippen molar-refractivity contribution in [3.05, 3.63) is 0 Å². The lowest BCUT2D eigenvalue weighted by Crippen LogP contribution is -2.24. The zero-order valence-corrected chi connectivity index (χ0v) is 9.07. The van der Waals surface area contributed by atoms with Gasteiger partial charge in [-0.3, -0.25) is 0 Å². The van der Waals surface area contributed by atoms with Crippen LogP contribution in [0.4, 0.5) is 0 Å². The molecule has 0 spiro atoms. The summed E-state index contributed by atoms with van der Waals surface area (Å²) in [6, 6.07) is 0. The molecule has 5 heteroatoms. The Hall–Kier alpha value is 0.270. The fourth-order valence-electron chi connectivity index (χ4n) is 1.29. The van der Waals surface area contributed by atoms with E-state index in [1.54, 1.807) is 0 Å². The van der Waals surface area contributed by atoms with Gasteiger partial charge in [0.1, 0.15) is 0 Å². The minimum absolute atomic E-state index is 0.00394. The average molecular weight is 210 g/mol. The van der Waals surface area contributed by atoms with Gasteiger partial charge in [-0.1, -0.05) is 20.3 Å². The van der Waals surface area contributed by atoms with Crippen LogP contribution in [0.25, 0.3) is 0 Å². The van der Waals surface area contributed by atoms with E-state index in [2.05, 4.69) is 0 Å². The summed E-state index contributed by atoms with van der Waals surface area (Å²) in [5.41, 5.74) is 0. The summed E-state index contributed by atoms with van der Waals surface area (Å²) in [6.45, 7) is 3.98. The molecule has 0 aromatic rings. The molecule has 0 rings (SSSR count). The number of hydrogen-bond donors (Lipinski definition) is 3. The third-order valence-corrected chi connectivity index (χ3v) is 2.55. The Kier molecular flexibility index (Phi) is 7.81. The fraction of sp³-hybridized carbons (Fsp3) is 1.00. The smallest absolute Gasteiger partial charge is 0.327 e. The molecule has 0 saturated carbocycles. The van der Waals surface area contributed by atoms with Crippen molar-refractivity contribution in [3.63, 3.8) is 0 Å². The number of hydrogen-bond acceptors (Lipinski definition) is 4. The lowest BCUT2D eigenvalue weighted by atomic mass is 9.97. The first-order valence-corrected chi connectivity index (χ1v) is 5.77. The fourth-order valence-corrected chi connectivity index (χ4v) is 1.81. The molecule has 0 saturated heterocycles. The molecule has 0 radical (unpaired) electrons. The van der Waals surface area contributed by atoms with Crippen molar-refractivity contribution in [1.82, 2.24) is 0 Å². The van der Waals surface area contributed by atoms with Crippen LogP contribution >= 0.6 is 8.60 Å². The minimum atomic E-state index is -2.31. The van der Waals surface area contributed by atoms with E-state index in [4.69, 9.17) is 19.4 Å². The lowest BCUT2D eigenvalue weighted by Gasteiger charge is -2.24. The minimum Gasteiger partial charge on any atom is -0.396 e. The van der Waals surface area contributed by atoms with Gasteiger partial charge < -0.3 is 19.4 Å². The maximum absolute atomic E-state index is 9.00. The van der Waals surface area contributed by atoms with Crippen LogP contribution in [-0.2, 0) is 4.52 Å². The second-order valence-corrected chi connectivity index (χ2v) is 3.75. The topological polar surface area (TPSA) is 69.9 Å². The van der Waals surface area contributed by atoms with E-state index < -0.39 is 8.60 Å². The van der Waals surface area contributed by atoms with Crippen molar-refractivity contribution >= 4 is 8.60 Å². The van der Waals surface area contributed by atoms with E-state index in [0.717, 1.165) is 19.3 Å². The lowest BCUT2D eigenvalue weighted by molar-refractivity contribution is 0.0668. The molecule has 3 N–H and O–H groups in total. The predicted octanol–water partition coefficient (Wildman–Crippen LogP) is 1.40. The normalized spacial score (nSPS) is 16.2. The molecule has 0 aliphatic heterocycles. The van der Waals surface area contributed by atoms with Crippen LogP contribution < -0.4 is 0 Å². The van der Waals surface area contributed by atoms with Gasteiger partial charge in [0.05, 0.1) is 6.10 Å². The van der Waals surface area contributed by atoms with Crippen molar-refractivity contribution in [2.45, 2.75) is 39.2 Å². The molecule has 0 fully saturated rings. The molecular formula is C8H19O4P. The Morgan fingerprint density at radius 1 is 1.31 bits per heavy atom. The Balaban J connectivity index is 4.03. The number of aliphatic hydroxyl groups excluding tert-OH is 1. The van der Waals surface area contributed by atoms with E-state index in [-0.39, 0.29) is 18.6 Å². The van der Waals surface area contributed by atoms with E-state index in [0.29, 0.717) is 0 Å². The summed E-state index contributed by atoms with van der Waals surface area (Å²) in [6.07, 6.45) is 2.20. The molecule has 0 aliphatic rings. The van der Waals surface area contributed by atoms with Gasteiger partial charge in [-0.05, 0) is 12.8 Å². The van der Waals surface area contributed by atoms with Gasteiger partial charge >= 0.3 is 8.60 Å². The summed E-state index contributed by atoms with van der Waals surface area (Å²) in [4.78, 5) is 17.4. The zero-order chi connectivity index (χ0) is 10.3. The van der Waals surface area contributed by atoms with Crippen molar-refractivity contribution < 1.29 is 19.4 Å². The number of aliphatic hydroxyl groups is 1. The Morgan fingerprint density at radius 3 is 2.23 bits per heavy atom. The van der Waals surface area contributed by atoms with Crippen molar-refractivity contribution in [2.24, 2.45) is 5.92 Å². The van der Waals surface area contributed by atoms with Crippen LogP contribution in [0.15, 0.2) is 0 Å². The molecule has 4 nitrogen and oxygen atoms in total. The van der Waals surface area contributed by atoms with Gasteiger partial charge in [0.15, 0.2) is 0 Å². The SMILES string of the molecule is CCCC(OP(O)O)C(CC)CO. The third-order valence-electron chi connectivity index (χ3n) is 2.09. The van der Waals surface area contributed by atoms with Crippen LogP contribution in [0.5, 0.6) is 0 Å². The van der Waals surface area contributed by atoms with Crippen molar-refractivity contribution in [3.8, 4) is 0 Å². The zero-order valence-electron chi connectivity index (χ0n) is 8.18. The molecule has 0 aromatic carbocycles. The molecule has 0 amide bonds. The van der Waals surface area contributed by atoms with Crippen molar-refractivity contribution in [2.75, 3.05) is 6.61 Å². The molecule has 2 unspecified atom stereocenters. The monoisotopic (exact) mass is 210 g/mol.